The Kier molecular flexibility index (Phi) is 2.39. The number of nitrogens with two attached hydrogens (primary N) is 1. The summed E-state index contributed by atoms with van der Waals surface area (Å²) in [5.41, 5.74) is 6.34. The van der Waals surface area contributed by atoms with E-state index in [9.17, 15) is 4.79 Å². The first-order valence-electron chi connectivity index (χ1n) is 4.78. The van der Waals surface area contributed by atoms with Crippen LogP contribution in [0.15, 0.2) is 24.3 Å². The minimum Gasteiger partial charge on any atom is -0.490 e. The topological polar surface area (TPSA) is 52.3 Å². The molecule has 0 aromatic heterocycles. The molecule has 0 radical (unpaired) electrons. The lowest BCUT2D eigenvalue weighted by Crippen LogP contribution is -2.28. The zero-order valence-electron chi connectivity index (χ0n) is 7.90. The van der Waals surface area contributed by atoms with Crippen molar-refractivity contribution in [3.8, 4) is 5.75 Å². The number of fused-ring (bicyclic) bond motifs is 1. The van der Waals surface area contributed by atoms with Gasteiger partial charge in [0, 0.05) is 0 Å². The summed E-state index contributed by atoms with van der Waals surface area (Å²) in [6.07, 6.45) is 2.12. The first-order valence-corrected chi connectivity index (χ1v) is 4.78. The molecule has 1 heterocycles. The number of carbonyl (C=O) groups is 1. The van der Waals surface area contributed by atoms with Gasteiger partial charge in [-0.1, -0.05) is 18.2 Å². The number of ether oxygens (including phenoxy) is 1. The van der Waals surface area contributed by atoms with Crippen molar-refractivity contribution in [1.29, 1.82) is 0 Å². The lowest BCUT2D eigenvalue weighted by molar-refractivity contribution is -0.119. The van der Waals surface area contributed by atoms with Crippen LogP contribution in [0.3, 0.4) is 0 Å². The fourth-order valence-electron chi connectivity index (χ4n) is 1.75. The van der Waals surface area contributed by atoms with Crippen LogP contribution in [-0.2, 0) is 11.2 Å². The summed E-state index contributed by atoms with van der Waals surface area (Å²) in [6.45, 7) is 0. The Morgan fingerprint density at radius 3 is 3.07 bits per heavy atom. The summed E-state index contributed by atoms with van der Waals surface area (Å²) >= 11 is 0. The molecule has 74 valence electrons. The number of amides is 1. The number of benzene rings is 1. The molecule has 1 aliphatic heterocycles. The van der Waals surface area contributed by atoms with E-state index in [1.54, 1.807) is 0 Å². The molecule has 0 spiro atoms. The second kappa shape index (κ2) is 3.70. The third-order valence-corrected chi connectivity index (χ3v) is 2.43. The fourth-order valence-corrected chi connectivity index (χ4v) is 1.75. The van der Waals surface area contributed by atoms with Crippen molar-refractivity contribution in [2.45, 2.75) is 25.4 Å². The van der Waals surface area contributed by atoms with Crippen LogP contribution in [0.1, 0.15) is 18.4 Å². The normalized spacial score (nSPS) is 19.6. The van der Waals surface area contributed by atoms with Crippen LogP contribution >= 0.6 is 0 Å². The average Bonchev–Trinajstić information content (AvgIpc) is 2.17. The number of carbonyl (C=O) groups excluding carboxylic acids is 1. The number of hydrogen-bond donors (Lipinski definition) is 1. The second-order valence-corrected chi connectivity index (χ2v) is 3.56. The van der Waals surface area contributed by atoms with Crippen LogP contribution in [0, 0.1) is 0 Å². The van der Waals surface area contributed by atoms with Gasteiger partial charge < -0.3 is 10.5 Å². The Morgan fingerprint density at radius 1 is 1.50 bits per heavy atom. The van der Waals surface area contributed by atoms with Gasteiger partial charge in [0.2, 0.25) is 5.91 Å². The molecule has 14 heavy (non-hydrogen) atoms. The van der Waals surface area contributed by atoms with Gasteiger partial charge in [-0.05, 0) is 24.5 Å². The zero-order valence-corrected chi connectivity index (χ0v) is 7.90. The minimum absolute atomic E-state index is 0.0394. The smallest absolute Gasteiger partial charge is 0.221 e. The van der Waals surface area contributed by atoms with E-state index in [0.717, 1.165) is 18.6 Å². The highest BCUT2D eigenvalue weighted by Crippen LogP contribution is 2.27. The Bertz CT molecular complexity index is 349. The third kappa shape index (κ3) is 1.87. The van der Waals surface area contributed by atoms with Crippen LogP contribution in [-0.4, -0.2) is 12.0 Å². The van der Waals surface area contributed by atoms with Crippen LogP contribution < -0.4 is 10.5 Å². The average molecular weight is 191 g/mol. The standard InChI is InChI=1S/C11H13NO2/c12-11(13)7-9-6-5-8-3-1-2-4-10(8)14-9/h1-4,9H,5-7H2,(H2,12,13). The highest BCUT2D eigenvalue weighted by atomic mass is 16.5. The molecule has 2 N–H and O–H groups in total. The maximum Gasteiger partial charge on any atom is 0.221 e. The maximum atomic E-state index is 10.7. The molecule has 1 aliphatic rings. The largest absolute Gasteiger partial charge is 0.490 e. The van der Waals surface area contributed by atoms with Crippen molar-refractivity contribution in [2.75, 3.05) is 0 Å². The molecule has 3 nitrogen and oxygen atoms in total. The number of para-hydroxylation sites is 1. The summed E-state index contributed by atoms with van der Waals surface area (Å²) in [7, 11) is 0. The first-order chi connectivity index (χ1) is 6.75. The number of primary amides is 1. The predicted molar refractivity (Wildman–Crippen MR) is 53.0 cm³/mol. The van der Waals surface area contributed by atoms with E-state index in [4.69, 9.17) is 10.5 Å². The Morgan fingerprint density at radius 2 is 2.29 bits per heavy atom. The molecule has 0 aliphatic carbocycles. The summed E-state index contributed by atoms with van der Waals surface area (Å²) in [4.78, 5) is 10.7. The summed E-state index contributed by atoms with van der Waals surface area (Å²) in [6, 6.07) is 7.92. The van der Waals surface area contributed by atoms with Gasteiger partial charge in [-0.15, -0.1) is 0 Å². The van der Waals surface area contributed by atoms with Crippen molar-refractivity contribution < 1.29 is 9.53 Å². The lowest BCUT2D eigenvalue weighted by Gasteiger charge is -2.24. The molecule has 0 saturated carbocycles. The summed E-state index contributed by atoms with van der Waals surface area (Å²) in [5, 5.41) is 0. The fraction of sp³-hybridized carbons (Fsp3) is 0.364. The van der Waals surface area contributed by atoms with Crippen molar-refractivity contribution >= 4 is 5.91 Å². The lowest BCUT2D eigenvalue weighted by atomic mass is 10.0. The van der Waals surface area contributed by atoms with E-state index in [0.29, 0.717) is 6.42 Å². The molecular formula is C11H13NO2. The zero-order chi connectivity index (χ0) is 9.97. The van der Waals surface area contributed by atoms with E-state index >= 15 is 0 Å². The van der Waals surface area contributed by atoms with Gasteiger partial charge in [-0.2, -0.15) is 0 Å². The van der Waals surface area contributed by atoms with Crippen LogP contribution in [0.2, 0.25) is 0 Å². The number of hydrogen-bond acceptors (Lipinski definition) is 2. The second-order valence-electron chi connectivity index (χ2n) is 3.56. The van der Waals surface area contributed by atoms with Gasteiger partial charge in [0.1, 0.15) is 11.9 Å². The van der Waals surface area contributed by atoms with Crippen molar-refractivity contribution in [3.05, 3.63) is 29.8 Å². The Balaban J connectivity index is 2.09. The maximum absolute atomic E-state index is 10.7. The molecule has 1 unspecified atom stereocenters. The summed E-state index contributed by atoms with van der Waals surface area (Å²) < 4.78 is 5.64. The van der Waals surface area contributed by atoms with Crippen LogP contribution in [0.5, 0.6) is 5.75 Å². The van der Waals surface area contributed by atoms with E-state index in [1.165, 1.54) is 5.56 Å². The van der Waals surface area contributed by atoms with Crippen molar-refractivity contribution in [3.63, 3.8) is 0 Å². The van der Waals surface area contributed by atoms with Gasteiger partial charge in [0.05, 0.1) is 6.42 Å². The van der Waals surface area contributed by atoms with Crippen molar-refractivity contribution in [2.24, 2.45) is 5.73 Å². The molecule has 2 rings (SSSR count). The van der Waals surface area contributed by atoms with E-state index < -0.39 is 0 Å². The summed E-state index contributed by atoms with van der Waals surface area (Å²) in [5.74, 6) is 0.597. The molecule has 0 fully saturated rings. The van der Waals surface area contributed by atoms with E-state index in [2.05, 4.69) is 6.07 Å². The molecule has 1 amide bonds. The Hall–Kier alpha value is -1.51. The molecular weight excluding hydrogens is 178 g/mol. The molecule has 1 aromatic rings. The van der Waals surface area contributed by atoms with E-state index in [1.807, 2.05) is 18.2 Å². The van der Waals surface area contributed by atoms with Crippen molar-refractivity contribution in [1.82, 2.24) is 0 Å². The third-order valence-electron chi connectivity index (χ3n) is 2.43. The van der Waals surface area contributed by atoms with Gasteiger partial charge in [-0.3, -0.25) is 4.79 Å². The van der Waals surface area contributed by atoms with Crippen LogP contribution in [0.4, 0.5) is 0 Å². The molecule has 1 aromatic carbocycles. The van der Waals surface area contributed by atoms with Gasteiger partial charge in [0.15, 0.2) is 0 Å². The molecule has 1 atom stereocenters. The van der Waals surface area contributed by atoms with Crippen LogP contribution in [0.25, 0.3) is 0 Å². The Labute approximate surface area is 82.9 Å². The molecule has 0 bridgehead atoms. The minimum atomic E-state index is -0.297. The SMILES string of the molecule is NC(=O)CC1CCc2ccccc2O1. The van der Waals surface area contributed by atoms with Gasteiger partial charge >= 0.3 is 0 Å². The van der Waals surface area contributed by atoms with E-state index in [-0.39, 0.29) is 12.0 Å². The quantitative estimate of drug-likeness (QED) is 0.765. The highest BCUT2D eigenvalue weighted by molar-refractivity contribution is 5.74. The molecule has 0 saturated heterocycles. The van der Waals surface area contributed by atoms with Gasteiger partial charge in [0.25, 0.3) is 0 Å². The monoisotopic (exact) mass is 191 g/mol. The first kappa shape index (κ1) is 9.06. The molecule has 3 heteroatoms. The highest BCUT2D eigenvalue weighted by Gasteiger charge is 2.20. The number of aryl methyl sites for hydroxylation is 1. The number of rotatable bonds is 2. The van der Waals surface area contributed by atoms with Gasteiger partial charge in [-0.25, -0.2) is 0 Å². The predicted octanol–water partition coefficient (Wildman–Crippen LogP) is 1.26.